The fourth-order valence-corrected chi connectivity index (χ4v) is 1.93. The predicted molar refractivity (Wildman–Crippen MR) is 83.4 cm³/mol. The fourth-order valence-electron chi connectivity index (χ4n) is 1.93. The van der Waals surface area contributed by atoms with Crippen molar-refractivity contribution in [3.05, 3.63) is 65.2 Å². The molecule has 0 aliphatic heterocycles. The summed E-state index contributed by atoms with van der Waals surface area (Å²) in [4.78, 5) is 22.3. The van der Waals surface area contributed by atoms with Crippen LogP contribution in [0.5, 0.6) is 5.75 Å². The Labute approximate surface area is 142 Å². The number of carbonyl (C=O) groups excluding carboxylic acids is 1. The first-order valence-electron chi connectivity index (χ1n) is 7.27. The van der Waals surface area contributed by atoms with Gasteiger partial charge in [0.25, 0.3) is 0 Å². The van der Waals surface area contributed by atoms with E-state index in [-0.39, 0.29) is 19.8 Å². The first kappa shape index (κ1) is 18.2. The predicted octanol–water partition coefficient (Wildman–Crippen LogP) is 2.97. The van der Waals surface area contributed by atoms with Crippen molar-refractivity contribution >= 4 is 12.1 Å². The van der Waals surface area contributed by atoms with Crippen molar-refractivity contribution in [1.82, 2.24) is 5.32 Å². The van der Waals surface area contributed by atoms with Crippen molar-refractivity contribution in [2.45, 2.75) is 6.61 Å². The smallest absolute Gasteiger partial charge is 0.407 e. The lowest BCUT2D eigenvalue weighted by atomic mass is 10.2. The number of hydrogen-bond donors (Lipinski definition) is 2. The third kappa shape index (κ3) is 5.17. The highest BCUT2D eigenvalue weighted by molar-refractivity contribution is 5.88. The van der Waals surface area contributed by atoms with E-state index in [1.165, 1.54) is 0 Å². The number of alkyl carbamates (subject to hydrolysis) is 1. The van der Waals surface area contributed by atoms with Gasteiger partial charge in [-0.3, -0.25) is 0 Å². The molecule has 6 nitrogen and oxygen atoms in total. The molecule has 0 fully saturated rings. The van der Waals surface area contributed by atoms with Crippen molar-refractivity contribution in [2.24, 2.45) is 0 Å². The van der Waals surface area contributed by atoms with Gasteiger partial charge >= 0.3 is 12.1 Å². The van der Waals surface area contributed by atoms with Gasteiger partial charge in [0.1, 0.15) is 24.6 Å². The summed E-state index contributed by atoms with van der Waals surface area (Å²) in [5, 5.41) is 11.2. The quantitative estimate of drug-likeness (QED) is 0.749. The Hall–Kier alpha value is -3.16. The van der Waals surface area contributed by atoms with Crippen molar-refractivity contribution in [3.8, 4) is 5.75 Å². The third-order valence-corrected chi connectivity index (χ3v) is 3.11. The lowest BCUT2D eigenvalue weighted by Crippen LogP contribution is -2.28. The Morgan fingerprint density at radius 1 is 1.08 bits per heavy atom. The van der Waals surface area contributed by atoms with Crippen molar-refractivity contribution in [3.63, 3.8) is 0 Å². The van der Waals surface area contributed by atoms with Gasteiger partial charge in [-0.2, -0.15) is 0 Å². The zero-order chi connectivity index (χ0) is 18.2. The Balaban J connectivity index is 1.77. The number of nitrogens with one attached hydrogen (secondary N) is 1. The van der Waals surface area contributed by atoms with Crippen LogP contribution in [0.4, 0.5) is 13.6 Å². The van der Waals surface area contributed by atoms with E-state index < -0.39 is 35.0 Å². The summed E-state index contributed by atoms with van der Waals surface area (Å²) in [5.74, 6) is -4.65. The number of carbonyl (C=O) groups is 2. The van der Waals surface area contributed by atoms with Gasteiger partial charge in [-0.1, -0.05) is 30.3 Å². The van der Waals surface area contributed by atoms with E-state index in [4.69, 9.17) is 14.6 Å². The molecule has 0 bridgehead atoms. The second-order valence-corrected chi connectivity index (χ2v) is 4.88. The number of halogens is 2. The number of aromatic carboxylic acids is 1. The number of rotatable bonds is 7. The van der Waals surface area contributed by atoms with Crippen LogP contribution < -0.4 is 10.1 Å². The maximum atomic E-state index is 13.8. The molecule has 2 aromatic carbocycles. The normalized spacial score (nSPS) is 10.2. The largest absolute Gasteiger partial charge is 0.489 e. The average Bonchev–Trinajstić information content (AvgIpc) is 2.59. The number of carboxylic acids is 1. The molecule has 1 amide bonds. The summed E-state index contributed by atoms with van der Waals surface area (Å²) in [5.41, 5.74) is -0.267. The Morgan fingerprint density at radius 3 is 2.48 bits per heavy atom. The number of amides is 1. The second kappa shape index (κ2) is 8.62. The van der Waals surface area contributed by atoms with Gasteiger partial charge in [0.15, 0.2) is 11.6 Å². The van der Waals surface area contributed by atoms with E-state index in [0.29, 0.717) is 0 Å². The fraction of sp³-hybridized carbons (Fsp3) is 0.176. The summed E-state index contributed by atoms with van der Waals surface area (Å²) in [6.45, 7) is -0.0585. The molecule has 0 saturated heterocycles. The Bertz CT molecular complexity index is 752. The van der Waals surface area contributed by atoms with Gasteiger partial charge in [0, 0.05) is 0 Å². The highest BCUT2D eigenvalue weighted by Crippen LogP contribution is 2.23. The van der Waals surface area contributed by atoms with E-state index in [2.05, 4.69) is 5.32 Å². The van der Waals surface area contributed by atoms with Gasteiger partial charge in [-0.15, -0.1) is 0 Å². The lowest BCUT2D eigenvalue weighted by Gasteiger charge is -2.10. The zero-order valence-corrected chi connectivity index (χ0v) is 13.0. The minimum Gasteiger partial charge on any atom is -0.489 e. The maximum absolute atomic E-state index is 13.8. The lowest BCUT2D eigenvalue weighted by molar-refractivity contribution is 0.0685. The molecule has 0 unspecified atom stereocenters. The Morgan fingerprint density at radius 2 is 1.80 bits per heavy atom. The second-order valence-electron chi connectivity index (χ2n) is 4.88. The van der Waals surface area contributed by atoms with Crippen LogP contribution in [0.1, 0.15) is 15.9 Å². The molecule has 132 valence electrons. The molecule has 2 N–H and O–H groups in total. The summed E-state index contributed by atoms with van der Waals surface area (Å²) < 4.78 is 37.1. The standard InChI is InChI=1S/C17H15F2NO5/c18-12-6-7-13(15(19)14(12)16(21)22)24-9-8-20-17(23)25-10-11-4-2-1-3-5-11/h1-7H,8-10H2,(H,20,23)(H,21,22). The van der Waals surface area contributed by atoms with Crippen molar-refractivity contribution in [1.29, 1.82) is 0 Å². The number of carboxylic acid groups (broad SMARTS) is 1. The summed E-state index contributed by atoms with van der Waals surface area (Å²) in [6, 6.07) is 10.8. The molecule has 25 heavy (non-hydrogen) atoms. The molecular weight excluding hydrogens is 336 g/mol. The number of ether oxygens (including phenoxy) is 2. The van der Waals surface area contributed by atoms with Gasteiger partial charge in [0.05, 0.1) is 6.54 Å². The highest BCUT2D eigenvalue weighted by atomic mass is 19.1. The topological polar surface area (TPSA) is 84.9 Å². The average molecular weight is 351 g/mol. The number of benzene rings is 2. The van der Waals surface area contributed by atoms with E-state index in [9.17, 15) is 18.4 Å². The molecule has 0 aliphatic rings. The highest BCUT2D eigenvalue weighted by Gasteiger charge is 2.20. The minimum atomic E-state index is -1.73. The molecule has 2 aromatic rings. The molecule has 0 spiro atoms. The van der Waals surface area contributed by atoms with Crippen LogP contribution in [0.2, 0.25) is 0 Å². The molecule has 0 radical (unpaired) electrons. The summed E-state index contributed by atoms with van der Waals surface area (Å²) in [7, 11) is 0. The molecule has 8 heteroatoms. The molecule has 0 aliphatic carbocycles. The Kier molecular flexibility index (Phi) is 6.27. The van der Waals surface area contributed by atoms with Crippen LogP contribution in [0.25, 0.3) is 0 Å². The third-order valence-electron chi connectivity index (χ3n) is 3.11. The SMILES string of the molecule is O=C(NCCOc1ccc(F)c(C(=O)O)c1F)OCc1ccccc1. The molecule has 0 atom stereocenters. The summed E-state index contributed by atoms with van der Waals surface area (Å²) in [6.07, 6.45) is -0.682. The monoisotopic (exact) mass is 351 g/mol. The molecule has 0 aromatic heterocycles. The van der Waals surface area contributed by atoms with Crippen LogP contribution in [0.15, 0.2) is 42.5 Å². The molecular formula is C17H15F2NO5. The van der Waals surface area contributed by atoms with Gasteiger partial charge < -0.3 is 19.9 Å². The van der Waals surface area contributed by atoms with E-state index in [1.54, 1.807) is 12.1 Å². The van der Waals surface area contributed by atoms with E-state index in [1.807, 2.05) is 18.2 Å². The van der Waals surface area contributed by atoms with Gasteiger partial charge in [-0.05, 0) is 17.7 Å². The van der Waals surface area contributed by atoms with Crippen LogP contribution in [0, 0.1) is 11.6 Å². The van der Waals surface area contributed by atoms with Crippen LogP contribution in [0.3, 0.4) is 0 Å². The molecule has 0 saturated carbocycles. The number of hydrogen-bond acceptors (Lipinski definition) is 4. The molecule has 2 rings (SSSR count). The van der Waals surface area contributed by atoms with Crippen LogP contribution in [-0.2, 0) is 11.3 Å². The minimum absolute atomic E-state index is 0.00710. The van der Waals surface area contributed by atoms with Crippen LogP contribution >= 0.6 is 0 Å². The van der Waals surface area contributed by atoms with Gasteiger partial charge in [-0.25, -0.2) is 18.4 Å². The van der Waals surface area contributed by atoms with Crippen LogP contribution in [-0.4, -0.2) is 30.3 Å². The first-order chi connectivity index (χ1) is 12.0. The molecule has 0 heterocycles. The van der Waals surface area contributed by atoms with Crippen molar-refractivity contribution in [2.75, 3.05) is 13.2 Å². The first-order valence-corrected chi connectivity index (χ1v) is 7.27. The summed E-state index contributed by atoms with van der Waals surface area (Å²) >= 11 is 0. The zero-order valence-electron chi connectivity index (χ0n) is 13.0. The maximum Gasteiger partial charge on any atom is 0.407 e. The van der Waals surface area contributed by atoms with Crippen molar-refractivity contribution < 1.29 is 33.0 Å². The van der Waals surface area contributed by atoms with E-state index in [0.717, 1.165) is 17.7 Å². The van der Waals surface area contributed by atoms with E-state index >= 15 is 0 Å². The van der Waals surface area contributed by atoms with Gasteiger partial charge in [0.2, 0.25) is 0 Å².